The largest absolute Gasteiger partial charge is 0.351 e. The number of nitrogens with zero attached hydrogens (tertiary/aromatic N) is 3. The summed E-state index contributed by atoms with van der Waals surface area (Å²) in [6, 6.07) is 0.457. The van der Waals surface area contributed by atoms with Crippen LogP contribution in [-0.2, 0) is 6.54 Å². The number of hydrogen-bond acceptors (Lipinski definition) is 4. The smallest absolute Gasteiger partial charge is 0.223 e. The Kier molecular flexibility index (Phi) is 12.3. The molecular weight excluding hydrogens is 500 g/mol. The molecule has 5 rings (SSSR count). The Hall–Kier alpha value is -2.49. The van der Waals surface area contributed by atoms with Gasteiger partial charge in [-0.05, 0) is 25.7 Å². The van der Waals surface area contributed by atoms with Gasteiger partial charge in [-0.2, -0.15) is 0 Å². The van der Waals surface area contributed by atoms with Gasteiger partial charge in [-0.25, -0.2) is 9.97 Å². The van der Waals surface area contributed by atoms with E-state index in [9.17, 15) is 0 Å². The molecule has 2 saturated carbocycles. The summed E-state index contributed by atoms with van der Waals surface area (Å²) in [5.41, 5.74) is 6.01. The molecule has 41 heavy (non-hydrogen) atoms. The second kappa shape index (κ2) is 16.8. The van der Waals surface area contributed by atoms with Gasteiger partial charge in [0, 0.05) is 40.6 Å². The predicted octanol–water partition coefficient (Wildman–Crippen LogP) is 10.5. The Morgan fingerprint density at radius 1 is 0.561 bits per heavy atom. The van der Waals surface area contributed by atoms with Crippen LogP contribution in [0, 0.1) is 5.92 Å². The zero-order chi connectivity index (χ0) is 28.0. The van der Waals surface area contributed by atoms with Gasteiger partial charge in [0.2, 0.25) is 5.95 Å². The molecule has 222 valence electrons. The molecule has 0 spiro atoms. The van der Waals surface area contributed by atoms with Crippen LogP contribution in [0.3, 0.4) is 0 Å². The van der Waals surface area contributed by atoms with E-state index >= 15 is 0 Å². The van der Waals surface area contributed by atoms with Gasteiger partial charge in [-0.1, -0.05) is 146 Å². The third kappa shape index (κ3) is 9.25. The molecule has 0 aromatic carbocycles. The van der Waals surface area contributed by atoms with Gasteiger partial charge in [0.05, 0.1) is 12.2 Å². The molecule has 0 bridgehead atoms. The molecular formula is C37H54N4. The Morgan fingerprint density at radius 2 is 1.07 bits per heavy atom. The first-order valence-corrected chi connectivity index (χ1v) is 17.3. The van der Waals surface area contributed by atoms with E-state index in [1.54, 1.807) is 0 Å². The van der Waals surface area contributed by atoms with E-state index in [2.05, 4.69) is 48.0 Å². The van der Waals surface area contributed by atoms with Crippen molar-refractivity contribution in [2.45, 2.75) is 147 Å². The van der Waals surface area contributed by atoms with Gasteiger partial charge in [0.15, 0.2) is 0 Å². The van der Waals surface area contributed by atoms with Crippen molar-refractivity contribution in [3.05, 3.63) is 59.5 Å². The van der Waals surface area contributed by atoms with Crippen LogP contribution in [0.25, 0.3) is 5.57 Å². The second-order valence-corrected chi connectivity index (χ2v) is 12.9. The van der Waals surface area contributed by atoms with Crippen molar-refractivity contribution in [2.24, 2.45) is 10.9 Å². The lowest BCUT2D eigenvalue weighted by molar-refractivity contribution is 0.459. The van der Waals surface area contributed by atoms with Crippen LogP contribution in [0.15, 0.2) is 53.2 Å². The zero-order valence-corrected chi connectivity index (χ0v) is 25.6. The molecule has 1 aromatic rings. The first kappa shape index (κ1) is 30.0. The highest BCUT2D eigenvalue weighted by molar-refractivity contribution is 6.15. The van der Waals surface area contributed by atoms with Gasteiger partial charge in [0.1, 0.15) is 0 Å². The van der Waals surface area contributed by atoms with Crippen LogP contribution in [0.4, 0.5) is 5.95 Å². The third-order valence-corrected chi connectivity index (χ3v) is 9.64. The molecule has 4 aliphatic rings. The number of aromatic nitrogens is 2. The van der Waals surface area contributed by atoms with Gasteiger partial charge in [-0.15, -0.1) is 0 Å². The summed E-state index contributed by atoms with van der Waals surface area (Å²) in [4.78, 5) is 15.4. The molecule has 0 amide bonds. The van der Waals surface area contributed by atoms with Crippen LogP contribution in [0.2, 0.25) is 0 Å². The summed E-state index contributed by atoms with van der Waals surface area (Å²) in [5, 5.41) is 3.81. The van der Waals surface area contributed by atoms with E-state index in [0.717, 1.165) is 17.2 Å². The van der Waals surface area contributed by atoms with Crippen molar-refractivity contribution in [1.82, 2.24) is 9.97 Å². The number of aliphatic imine (C=N–C) groups is 1. The first-order valence-electron chi connectivity index (χ1n) is 17.3. The average molecular weight is 555 g/mol. The van der Waals surface area contributed by atoms with Crippen molar-refractivity contribution in [3.8, 4) is 0 Å². The maximum absolute atomic E-state index is 5.33. The minimum absolute atomic E-state index is 0.457. The zero-order valence-electron chi connectivity index (χ0n) is 25.6. The van der Waals surface area contributed by atoms with Crippen LogP contribution in [-0.4, -0.2) is 21.7 Å². The summed E-state index contributed by atoms with van der Waals surface area (Å²) < 4.78 is 0. The number of fused-ring (bicyclic) bond motifs is 3. The Labute approximate surface area is 250 Å². The molecule has 4 heteroatoms. The van der Waals surface area contributed by atoms with Gasteiger partial charge < -0.3 is 5.32 Å². The molecule has 1 aliphatic heterocycles. The van der Waals surface area contributed by atoms with E-state index in [4.69, 9.17) is 15.0 Å². The summed E-state index contributed by atoms with van der Waals surface area (Å²) >= 11 is 0. The van der Waals surface area contributed by atoms with E-state index < -0.39 is 0 Å². The molecule has 0 saturated heterocycles. The van der Waals surface area contributed by atoms with Crippen molar-refractivity contribution >= 4 is 17.2 Å². The Balaban J connectivity index is 1.37. The molecule has 0 atom stereocenters. The topological polar surface area (TPSA) is 50.2 Å². The summed E-state index contributed by atoms with van der Waals surface area (Å²) in [6.07, 6.45) is 43.4. The fourth-order valence-corrected chi connectivity index (χ4v) is 7.22. The van der Waals surface area contributed by atoms with Crippen LogP contribution in [0.1, 0.15) is 146 Å². The fourth-order valence-electron chi connectivity index (χ4n) is 7.22. The van der Waals surface area contributed by atoms with Crippen molar-refractivity contribution in [2.75, 3.05) is 5.32 Å². The lowest BCUT2D eigenvalue weighted by Gasteiger charge is -2.23. The maximum atomic E-state index is 5.33. The van der Waals surface area contributed by atoms with E-state index in [-0.39, 0.29) is 0 Å². The van der Waals surface area contributed by atoms with E-state index in [0.29, 0.717) is 18.5 Å². The molecule has 2 heterocycles. The highest BCUT2D eigenvalue weighted by atomic mass is 15.1. The monoisotopic (exact) mass is 554 g/mol. The van der Waals surface area contributed by atoms with Crippen LogP contribution >= 0.6 is 0 Å². The first-order chi connectivity index (χ1) is 20.4. The second-order valence-electron chi connectivity index (χ2n) is 12.9. The fraction of sp³-hybridized carbons (Fsp3) is 0.649. The summed E-state index contributed by atoms with van der Waals surface area (Å²) in [5.74, 6) is 1.32. The molecule has 1 aromatic heterocycles. The van der Waals surface area contributed by atoms with Crippen LogP contribution < -0.4 is 5.32 Å². The van der Waals surface area contributed by atoms with Gasteiger partial charge >= 0.3 is 0 Å². The number of allylic oxidation sites excluding steroid dienone is 8. The standard InChI is InChI=1S/C37H54N4/c1-2-4-9-13-19-25-32(24-18-12-8-3-1)40-37-39-29-31-28-38-35(30-22-16-10-6-5-7-11-17-23-30)33-26-20-14-15-21-27-34(33)36(31)41-37/h14-15,20-21,26-27,29-30,32H,1-13,16-19,22-25,28H2,(H,39,40,41)/b15-14?,20-14-,21-15-,26-20?,27-21?,33-26+,34-27+. The normalized spacial score (nSPS) is 27.1. The molecule has 0 radical (unpaired) electrons. The summed E-state index contributed by atoms with van der Waals surface area (Å²) in [6.45, 7) is 0.674. The number of anilines is 1. The van der Waals surface area contributed by atoms with Crippen molar-refractivity contribution in [1.29, 1.82) is 0 Å². The highest BCUT2D eigenvalue weighted by Gasteiger charge is 2.27. The third-order valence-electron chi connectivity index (χ3n) is 9.64. The molecule has 3 aliphatic carbocycles. The highest BCUT2D eigenvalue weighted by Crippen LogP contribution is 2.36. The Bertz CT molecular complexity index is 1080. The lowest BCUT2D eigenvalue weighted by Crippen LogP contribution is -2.22. The van der Waals surface area contributed by atoms with E-state index in [1.807, 2.05) is 0 Å². The SMILES string of the molecule is C1=C\C=C2\C(C3CCCCCCCCC3)=NCc3cnc(NC4CCCCCCCCCCCC4)nc3\C2=C\C=C/1. The quantitative estimate of drug-likeness (QED) is 0.404. The lowest BCUT2D eigenvalue weighted by atomic mass is 9.82. The predicted molar refractivity (Wildman–Crippen MR) is 175 cm³/mol. The molecule has 1 N–H and O–H groups in total. The van der Waals surface area contributed by atoms with E-state index in [1.165, 1.54) is 152 Å². The molecule has 4 nitrogen and oxygen atoms in total. The average Bonchev–Trinajstić information content (AvgIpc) is 3.09. The van der Waals surface area contributed by atoms with Crippen LogP contribution in [0.5, 0.6) is 0 Å². The number of rotatable bonds is 3. The number of hydrogen-bond donors (Lipinski definition) is 1. The molecule has 2 fully saturated rings. The van der Waals surface area contributed by atoms with Crippen molar-refractivity contribution in [3.63, 3.8) is 0 Å². The number of nitrogens with one attached hydrogen (secondary N) is 1. The maximum Gasteiger partial charge on any atom is 0.223 e. The van der Waals surface area contributed by atoms with Gasteiger partial charge in [0.25, 0.3) is 0 Å². The van der Waals surface area contributed by atoms with Crippen molar-refractivity contribution < 1.29 is 0 Å². The molecule has 0 unspecified atom stereocenters. The summed E-state index contributed by atoms with van der Waals surface area (Å²) in [7, 11) is 0. The Morgan fingerprint density at radius 3 is 1.66 bits per heavy atom. The minimum Gasteiger partial charge on any atom is -0.351 e. The van der Waals surface area contributed by atoms with Gasteiger partial charge in [-0.3, -0.25) is 4.99 Å². The minimum atomic E-state index is 0.457.